The van der Waals surface area contributed by atoms with Crippen molar-refractivity contribution in [2.24, 2.45) is 0 Å². The zero-order valence-corrected chi connectivity index (χ0v) is 15.2. The summed E-state index contributed by atoms with van der Waals surface area (Å²) in [5.74, 6) is -0.199. The van der Waals surface area contributed by atoms with Crippen molar-refractivity contribution < 1.29 is 13.2 Å². The Balaban J connectivity index is 1.74. The molecule has 6 nitrogen and oxygen atoms in total. The summed E-state index contributed by atoms with van der Waals surface area (Å²) in [5, 5.41) is 9.60. The maximum Gasteiger partial charge on any atom is 0.251 e. The number of benzene rings is 2. The Bertz CT molecular complexity index is 1010. The zero-order chi connectivity index (χ0) is 18.7. The van der Waals surface area contributed by atoms with E-state index in [1.54, 1.807) is 48.8 Å². The molecule has 0 radical (unpaired) electrons. The van der Waals surface area contributed by atoms with Gasteiger partial charge in [-0.05, 0) is 42.3 Å². The molecule has 1 aromatic heterocycles. The largest absolute Gasteiger partial charge is 0.346 e. The number of hydrogen-bond acceptors (Lipinski definition) is 4. The summed E-state index contributed by atoms with van der Waals surface area (Å²) in [6.45, 7) is 1.85. The van der Waals surface area contributed by atoms with Crippen molar-refractivity contribution in [2.45, 2.75) is 17.9 Å². The minimum Gasteiger partial charge on any atom is -0.346 e. The van der Waals surface area contributed by atoms with Gasteiger partial charge in [0.1, 0.15) is 0 Å². The van der Waals surface area contributed by atoms with Gasteiger partial charge in [-0.25, -0.2) is 8.42 Å². The molecule has 0 fully saturated rings. The standard InChI is InChI=1S/C19H19N3O3S/c1-13(14-6-8-18(9-7-14)26(2,24)25)22-19(23)16-5-3-4-15(10-16)17-11-20-21-12-17/h3-13H,1-2H3,(H,20,21)(H,22,23)/t13-/m0/s1. The van der Waals surface area contributed by atoms with Gasteiger partial charge < -0.3 is 5.32 Å². The Hall–Kier alpha value is -2.93. The molecular weight excluding hydrogens is 350 g/mol. The molecule has 1 amide bonds. The molecule has 0 spiro atoms. The summed E-state index contributed by atoms with van der Waals surface area (Å²) in [7, 11) is -3.23. The minimum atomic E-state index is -3.23. The Kier molecular flexibility index (Phi) is 4.90. The molecule has 1 atom stereocenters. The number of carbonyl (C=O) groups is 1. The molecule has 2 N–H and O–H groups in total. The maximum atomic E-state index is 12.5. The molecule has 0 unspecified atom stereocenters. The van der Waals surface area contributed by atoms with E-state index in [9.17, 15) is 13.2 Å². The number of nitrogens with zero attached hydrogens (tertiary/aromatic N) is 1. The van der Waals surface area contributed by atoms with Crippen molar-refractivity contribution >= 4 is 15.7 Å². The first-order valence-electron chi connectivity index (χ1n) is 8.05. The lowest BCUT2D eigenvalue weighted by Crippen LogP contribution is -2.26. The van der Waals surface area contributed by atoms with E-state index in [4.69, 9.17) is 0 Å². The number of H-pyrrole nitrogens is 1. The Morgan fingerprint density at radius 1 is 1.12 bits per heavy atom. The quantitative estimate of drug-likeness (QED) is 0.723. The number of carbonyl (C=O) groups excluding carboxylic acids is 1. The predicted molar refractivity (Wildman–Crippen MR) is 99.5 cm³/mol. The number of rotatable bonds is 5. The Morgan fingerprint density at radius 2 is 1.85 bits per heavy atom. The first kappa shape index (κ1) is 17.9. The Labute approximate surface area is 152 Å². The van der Waals surface area contributed by atoms with Crippen LogP contribution in [0.4, 0.5) is 0 Å². The Morgan fingerprint density at radius 3 is 2.46 bits per heavy atom. The van der Waals surface area contributed by atoms with Gasteiger partial charge in [-0.3, -0.25) is 9.89 Å². The van der Waals surface area contributed by atoms with Crippen molar-refractivity contribution in [3.05, 3.63) is 72.1 Å². The average Bonchev–Trinajstić information content (AvgIpc) is 3.16. The molecule has 1 heterocycles. The van der Waals surface area contributed by atoms with Crippen molar-refractivity contribution in [3.8, 4) is 11.1 Å². The van der Waals surface area contributed by atoms with Gasteiger partial charge in [0.25, 0.3) is 5.91 Å². The SMILES string of the molecule is C[C@H](NC(=O)c1cccc(-c2cn[nH]c2)c1)c1ccc(S(C)(=O)=O)cc1. The third kappa shape index (κ3) is 4.00. The van der Waals surface area contributed by atoms with Crippen molar-refractivity contribution in [3.63, 3.8) is 0 Å². The monoisotopic (exact) mass is 369 g/mol. The van der Waals surface area contributed by atoms with Gasteiger partial charge in [0.2, 0.25) is 0 Å². The summed E-state index contributed by atoms with van der Waals surface area (Å²) < 4.78 is 23.1. The third-order valence-corrected chi connectivity index (χ3v) is 5.24. The van der Waals surface area contributed by atoms with Crippen LogP contribution in [-0.2, 0) is 9.84 Å². The van der Waals surface area contributed by atoms with E-state index in [1.807, 2.05) is 19.1 Å². The maximum absolute atomic E-state index is 12.5. The van der Waals surface area contributed by atoms with E-state index in [2.05, 4.69) is 15.5 Å². The van der Waals surface area contributed by atoms with Gasteiger partial charge in [0.15, 0.2) is 9.84 Å². The second-order valence-electron chi connectivity index (χ2n) is 6.10. The smallest absolute Gasteiger partial charge is 0.251 e. The predicted octanol–water partition coefficient (Wildman–Crippen LogP) is 2.97. The lowest BCUT2D eigenvalue weighted by atomic mass is 10.0. The van der Waals surface area contributed by atoms with Gasteiger partial charge in [-0.2, -0.15) is 5.10 Å². The van der Waals surface area contributed by atoms with Crippen LogP contribution in [0.2, 0.25) is 0 Å². The van der Waals surface area contributed by atoms with Crippen molar-refractivity contribution in [1.82, 2.24) is 15.5 Å². The highest BCUT2D eigenvalue weighted by molar-refractivity contribution is 7.90. The molecule has 0 saturated carbocycles. The highest BCUT2D eigenvalue weighted by atomic mass is 32.2. The van der Waals surface area contributed by atoms with Crippen LogP contribution in [0, 0.1) is 0 Å². The molecule has 0 bridgehead atoms. The second kappa shape index (κ2) is 7.13. The molecule has 26 heavy (non-hydrogen) atoms. The fourth-order valence-electron chi connectivity index (χ4n) is 2.62. The summed E-state index contributed by atoms with van der Waals surface area (Å²) >= 11 is 0. The molecule has 0 saturated heterocycles. The summed E-state index contributed by atoms with van der Waals surface area (Å²) in [6, 6.07) is 13.6. The topological polar surface area (TPSA) is 91.9 Å². The van der Waals surface area contributed by atoms with Crippen molar-refractivity contribution in [1.29, 1.82) is 0 Å². The van der Waals surface area contributed by atoms with Gasteiger partial charge in [-0.1, -0.05) is 24.3 Å². The summed E-state index contributed by atoms with van der Waals surface area (Å²) in [5.41, 5.74) is 3.18. The van der Waals surface area contributed by atoms with Crippen LogP contribution in [0.3, 0.4) is 0 Å². The van der Waals surface area contributed by atoms with Crippen LogP contribution in [0.25, 0.3) is 11.1 Å². The second-order valence-corrected chi connectivity index (χ2v) is 8.12. The normalized spacial score (nSPS) is 12.5. The average molecular weight is 369 g/mol. The van der Waals surface area contributed by atoms with E-state index < -0.39 is 9.84 Å². The van der Waals surface area contributed by atoms with E-state index in [0.717, 1.165) is 16.7 Å². The number of nitrogens with one attached hydrogen (secondary N) is 2. The van der Waals surface area contributed by atoms with Gasteiger partial charge in [0.05, 0.1) is 17.1 Å². The number of amides is 1. The number of sulfone groups is 1. The zero-order valence-electron chi connectivity index (χ0n) is 14.4. The molecule has 2 aromatic carbocycles. The van der Waals surface area contributed by atoms with E-state index >= 15 is 0 Å². The summed E-state index contributed by atoms with van der Waals surface area (Å²) in [4.78, 5) is 12.8. The van der Waals surface area contributed by atoms with E-state index in [-0.39, 0.29) is 16.8 Å². The fraction of sp³-hybridized carbons (Fsp3) is 0.158. The number of aromatic nitrogens is 2. The van der Waals surface area contributed by atoms with Crippen LogP contribution >= 0.6 is 0 Å². The molecular formula is C19H19N3O3S. The number of hydrogen-bond donors (Lipinski definition) is 2. The highest BCUT2D eigenvalue weighted by Crippen LogP contribution is 2.20. The lowest BCUT2D eigenvalue weighted by Gasteiger charge is -2.15. The van der Waals surface area contributed by atoms with Crippen molar-refractivity contribution in [2.75, 3.05) is 6.26 Å². The molecule has 3 aromatic rings. The van der Waals surface area contributed by atoms with E-state index in [1.165, 1.54) is 6.26 Å². The van der Waals surface area contributed by atoms with Crippen LogP contribution < -0.4 is 5.32 Å². The molecule has 0 aliphatic heterocycles. The first-order chi connectivity index (χ1) is 12.3. The van der Waals surface area contributed by atoms with Gasteiger partial charge in [-0.15, -0.1) is 0 Å². The van der Waals surface area contributed by atoms with Gasteiger partial charge in [0, 0.05) is 23.6 Å². The summed E-state index contributed by atoms with van der Waals surface area (Å²) in [6.07, 6.45) is 4.63. The molecule has 3 rings (SSSR count). The van der Waals surface area contributed by atoms with Crippen LogP contribution in [0.1, 0.15) is 28.9 Å². The molecule has 0 aliphatic rings. The van der Waals surface area contributed by atoms with Crippen LogP contribution in [0.15, 0.2) is 65.8 Å². The minimum absolute atomic E-state index is 0.199. The highest BCUT2D eigenvalue weighted by Gasteiger charge is 2.14. The molecule has 7 heteroatoms. The lowest BCUT2D eigenvalue weighted by molar-refractivity contribution is 0.0940. The molecule has 134 valence electrons. The van der Waals surface area contributed by atoms with Crippen LogP contribution in [-0.4, -0.2) is 30.8 Å². The molecule has 0 aliphatic carbocycles. The van der Waals surface area contributed by atoms with E-state index in [0.29, 0.717) is 5.56 Å². The third-order valence-electron chi connectivity index (χ3n) is 4.11. The van der Waals surface area contributed by atoms with Crippen LogP contribution in [0.5, 0.6) is 0 Å². The fourth-order valence-corrected chi connectivity index (χ4v) is 3.25. The van der Waals surface area contributed by atoms with Gasteiger partial charge >= 0.3 is 0 Å². The first-order valence-corrected chi connectivity index (χ1v) is 9.94. The number of aromatic amines is 1.